The second-order valence-corrected chi connectivity index (χ2v) is 7.12. The summed E-state index contributed by atoms with van der Waals surface area (Å²) in [5.74, 6) is -0.360. The molecule has 25 heavy (non-hydrogen) atoms. The molecule has 0 fully saturated rings. The van der Waals surface area contributed by atoms with Crippen molar-refractivity contribution in [1.29, 1.82) is 0 Å². The van der Waals surface area contributed by atoms with Gasteiger partial charge in [-0.3, -0.25) is 23.4 Å². The maximum atomic E-state index is 12.8. The highest BCUT2D eigenvalue weighted by Gasteiger charge is 2.24. The third kappa shape index (κ3) is 2.56. The van der Waals surface area contributed by atoms with Crippen LogP contribution in [-0.4, -0.2) is 24.7 Å². The van der Waals surface area contributed by atoms with Crippen molar-refractivity contribution >= 4 is 16.8 Å². The van der Waals surface area contributed by atoms with Crippen LogP contribution in [0.3, 0.4) is 0 Å². The zero-order valence-electron chi connectivity index (χ0n) is 15.1. The second kappa shape index (κ2) is 5.61. The van der Waals surface area contributed by atoms with Gasteiger partial charge in [0.15, 0.2) is 5.78 Å². The van der Waals surface area contributed by atoms with Crippen molar-refractivity contribution in [3.8, 4) is 0 Å². The largest absolute Gasteiger partial charge is 0.329 e. The Morgan fingerprint density at radius 3 is 2.36 bits per heavy atom. The average Bonchev–Trinajstić information content (AvgIpc) is 3.02. The van der Waals surface area contributed by atoms with Gasteiger partial charge in [0.25, 0.3) is 5.56 Å². The quantitative estimate of drug-likeness (QED) is 0.737. The summed E-state index contributed by atoms with van der Waals surface area (Å²) in [6, 6.07) is 5.13. The molecule has 0 bridgehead atoms. The molecule has 0 unspecified atom stereocenters. The molecule has 7 nitrogen and oxygen atoms in total. The first-order valence-corrected chi connectivity index (χ1v) is 8.21. The van der Waals surface area contributed by atoms with Crippen molar-refractivity contribution in [3.05, 3.63) is 56.4 Å². The lowest BCUT2D eigenvalue weighted by Gasteiger charge is -2.20. The summed E-state index contributed by atoms with van der Waals surface area (Å²) in [5.41, 5.74) is 1.04. The molecular formula is C18H22N4O3. The van der Waals surface area contributed by atoms with Gasteiger partial charge in [0.1, 0.15) is 5.56 Å². The van der Waals surface area contributed by atoms with Crippen LogP contribution in [0.15, 0.2) is 34.0 Å². The minimum atomic E-state index is -0.429. The van der Waals surface area contributed by atoms with E-state index in [0.717, 1.165) is 5.52 Å². The number of aromatic nitrogens is 4. The van der Waals surface area contributed by atoms with Gasteiger partial charge in [-0.25, -0.2) is 4.79 Å². The van der Waals surface area contributed by atoms with E-state index in [1.165, 1.54) is 10.9 Å². The van der Waals surface area contributed by atoms with Crippen LogP contribution in [0.25, 0.3) is 11.0 Å². The Morgan fingerprint density at radius 1 is 1.16 bits per heavy atom. The van der Waals surface area contributed by atoms with Crippen LogP contribution >= 0.6 is 0 Å². The lowest BCUT2D eigenvalue weighted by atomic mass is 10.0. The molecule has 0 radical (unpaired) electrons. The van der Waals surface area contributed by atoms with Crippen LogP contribution in [-0.2, 0) is 19.1 Å². The Labute approximate surface area is 144 Å². The molecule has 0 amide bonds. The van der Waals surface area contributed by atoms with E-state index in [9.17, 15) is 14.4 Å². The van der Waals surface area contributed by atoms with Crippen molar-refractivity contribution < 1.29 is 4.79 Å². The number of nitrogens with zero attached hydrogens (tertiary/aromatic N) is 3. The Kier molecular flexibility index (Phi) is 3.82. The van der Waals surface area contributed by atoms with Gasteiger partial charge < -0.3 is 5.10 Å². The molecule has 0 aliphatic rings. The number of aromatic amines is 1. The summed E-state index contributed by atoms with van der Waals surface area (Å²) in [6.45, 7) is 8.30. The average molecular weight is 342 g/mol. The molecule has 0 spiro atoms. The van der Waals surface area contributed by atoms with E-state index in [-0.39, 0.29) is 22.6 Å². The van der Waals surface area contributed by atoms with Gasteiger partial charge in [0.05, 0.1) is 11.0 Å². The highest BCUT2D eigenvalue weighted by Crippen LogP contribution is 2.23. The van der Waals surface area contributed by atoms with Gasteiger partial charge in [0.2, 0.25) is 0 Å². The Hall–Kier alpha value is -2.83. The Morgan fingerprint density at radius 2 is 1.84 bits per heavy atom. The monoisotopic (exact) mass is 342 g/mol. The van der Waals surface area contributed by atoms with Crippen LogP contribution in [0.5, 0.6) is 0 Å². The fourth-order valence-corrected chi connectivity index (χ4v) is 3.13. The van der Waals surface area contributed by atoms with Gasteiger partial charge in [-0.1, -0.05) is 0 Å². The summed E-state index contributed by atoms with van der Waals surface area (Å²) < 4.78 is 4.63. The minimum absolute atomic E-state index is 0.0847. The maximum absolute atomic E-state index is 12.8. The smallest absolute Gasteiger partial charge is 0.302 e. The van der Waals surface area contributed by atoms with E-state index < -0.39 is 5.54 Å². The standard InChI is InChI=1S/C18H22N4O3/c1-6-21-13-8-7-11(15(23)12-10-19-20(5)16(12)24)9-14(13)22(17(21)25)18(2,3)4/h7-10,19H,6H2,1-5H3. The molecule has 0 aliphatic carbocycles. The summed E-state index contributed by atoms with van der Waals surface area (Å²) in [7, 11) is 1.56. The number of H-pyrrole nitrogens is 1. The van der Waals surface area contributed by atoms with Gasteiger partial charge in [-0.15, -0.1) is 0 Å². The van der Waals surface area contributed by atoms with Gasteiger partial charge in [-0.05, 0) is 45.9 Å². The highest BCUT2D eigenvalue weighted by molar-refractivity contribution is 6.10. The molecule has 2 aromatic heterocycles. The predicted octanol–water partition coefficient (Wildman–Crippen LogP) is 1.84. The lowest BCUT2D eigenvalue weighted by Crippen LogP contribution is -2.34. The molecule has 2 heterocycles. The van der Waals surface area contributed by atoms with Crippen LogP contribution in [0.1, 0.15) is 43.6 Å². The molecule has 3 aromatic rings. The maximum Gasteiger partial charge on any atom is 0.329 e. The first-order valence-electron chi connectivity index (χ1n) is 8.21. The number of nitrogens with one attached hydrogen (secondary N) is 1. The number of ketones is 1. The van der Waals surface area contributed by atoms with E-state index in [4.69, 9.17) is 0 Å². The van der Waals surface area contributed by atoms with Crippen LogP contribution in [0, 0.1) is 0 Å². The number of carbonyl (C=O) groups is 1. The summed E-state index contributed by atoms with van der Waals surface area (Å²) >= 11 is 0. The van der Waals surface area contributed by atoms with Crippen LogP contribution in [0.4, 0.5) is 0 Å². The number of carbonyl (C=O) groups excluding carboxylic acids is 1. The van der Waals surface area contributed by atoms with Gasteiger partial charge >= 0.3 is 5.69 Å². The van der Waals surface area contributed by atoms with E-state index in [1.807, 2.05) is 27.7 Å². The predicted molar refractivity (Wildman–Crippen MR) is 96.3 cm³/mol. The number of imidazole rings is 1. The van der Waals surface area contributed by atoms with Crippen LogP contribution in [0.2, 0.25) is 0 Å². The summed E-state index contributed by atoms with van der Waals surface area (Å²) in [5, 5.41) is 2.71. The normalized spacial score (nSPS) is 12.0. The Bertz CT molecular complexity index is 1090. The fourth-order valence-electron chi connectivity index (χ4n) is 3.13. The van der Waals surface area contributed by atoms with Crippen molar-refractivity contribution in [2.45, 2.75) is 39.8 Å². The zero-order valence-corrected chi connectivity index (χ0v) is 15.1. The molecule has 7 heteroatoms. The van der Waals surface area contributed by atoms with E-state index in [0.29, 0.717) is 17.6 Å². The van der Waals surface area contributed by atoms with Crippen molar-refractivity contribution in [2.75, 3.05) is 0 Å². The first-order chi connectivity index (χ1) is 11.7. The lowest BCUT2D eigenvalue weighted by molar-refractivity contribution is 0.103. The fraction of sp³-hybridized carbons (Fsp3) is 0.389. The molecule has 3 rings (SSSR count). The van der Waals surface area contributed by atoms with Gasteiger partial charge in [0, 0.05) is 30.9 Å². The minimum Gasteiger partial charge on any atom is -0.302 e. The molecule has 1 aromatic carbocycles. The molecular weight excluding hydrogens is 320 g/mol. The van der Waals surface area contributed by atoms with Crippen molar-refractivity contribution in [3.63, 3.8) is 0 Å². The molecule has 0 saturated carbocycles. The topological polar surface area (TPSA) is 81.8 Å². The third-order valence-corrected chi connectivity index (χ3v) is 4.36. The SMILES string of the molecule is CCn1c(=O)n(C(C)(C)C)c2cc(C(=O)c3c[nH]n(C)c3=O)ccc21. The molecule has 132 valence electrons. The van der Waals surface area contributed by atoms with Crippen LogP contribution < -0.4 is 11.2 Å². The van der Waals surface area contributed by atoms with Gasteiger partial charge in [-0.2, -0.15) is 0 Å². The molecule has 0 saturated heterocycles. The van der Waals surface area contributed by atoms with Crippen molar-refractivity contribution in [2.24, 2.45) is 7.05 Å². The molecule has 1 N–H and O–H groups in total. The first kappa shape index (κ1) is 17.0. The number of fused-ring (bicyclic) bond motifs is 1. The molecule has 0 aliphatic heterocycles. The number of rotatable bonds is 3. The summed E-state index contributed by atoms with van der Waals surface area (Å²) in [6.07, 6.45) is 1.41. The molecule has 0 atom stereocenters. The third-order valence-electron chi connectivity index (χ3n) is 4.36. The van der Waals surface area contributed by atoms with E-state index >= 15 is 0 Å². The highest BCUT2D eigenvalue weighted by atomic mass is 16.2. The number of aryl methyl sites for hydroxylation is 2. The number of hydrogen-bond donors (Lipinski definition) is 1. The summed E-state index contributed by atoms with van der Waals surface area (Å²) in [4.78, 5) is 37.5. The Balaban J connectivity index is 2.27. The zero-order chi connectivity index (χ0) is 18.5. The second-order valence-electron chi connectivity index (χ2n) is 7.12. The van der Waals surface area contributed by atoms with E-state index in [1.54, 1.807) is 34.4 Å². The number of hydrogen-bond acceptors (Lipinski definition) is 3. The van der Waals surface area contributed by atoms with Crippen molar-refractivity contribution in [1.82, 2.24) is 18.9 Å². The van der Waals surface area contributed by atoms with E-state index in [2.05, 4.69) is 5.10 Å². The number of benzene rings is 1.